The lowest BCUT2D eigenvalue weighted by atomic mass is 9.89. The molecule has 16 heavy (non-hydrogen) atoms. The van der Waals surface area contributed by atoms with Crippen LogP contribution in [0.25, 0.3) is 0 Å². The van der Waals surface area contributed by atoms with Crippen molar-refractivity contribution in [2.24, 2.45) is 5.92 Å². The van der Waals surface area contributed by atoms with E-state index in [1.165, 1.54) is 0 Å². The van der Waals surface area contributed by atoms with Gasteiger partial charge in [-0.3, -0.25) is 10.0 Å². The van der Waals surface area contributed by atoms with Crippen molar-refractivity contribution in [1.82, 2.24) is 0 Å². The summed E-state index contributed by atoms with van der Waals surface area (Å²) in [6.07, 6.45) is 3.73. The number of carbonyl (C=O) groups excluding carboxylic acids is 1. The highest BCUT2D eigenvalue weighted by molar-refractivity contribution is 5.95. The molecule has 0 aromatic heterocycles. The number of hydroxylamine groups is 1. The van der Waals surface area contributed by atoms with E-state index in [1.807, 2.05) is 18.2 Å². The maximum absolute atomic E-state index is 11.9. The van der Waals surface area contributed by atoms with Gasteiger partial charge in [-0.05, 0) is 24.5 Å². The van der Waals surface area contributed by atoms with E-state index in [0.717, 1.165) is 36.3 Å². The van der Waals surface area contributed by atoms with Gasteiger partial charge in [-0.15, -0.1) is 0 Å². The number of unbranched alkanes of at least 4 members (excludes halogenated alkanes) is 1. The third-order valence-electron chi connectivity index (χ3n) is 3.15. The Morgan fingerprint density at radius 3 is 2.94 bits per heavy atom. The Balaban J connectivity index is 2.21. The van der Waals surface area contributed by atoms with Crippen molar-refractivity contribution >= 4 is 11.6 Å². The molecule has 0 unspecified atom stereocenters. The molecule has 0 fully saturated rings. The molecule has 0 saturated heterocycles. The van der Waals surface area contributed by atoms with Crippen LogP contribution in [0.1, 0.15) is 31.7 Å². The number of fused-ring (bicyclic) bond motifs is 1. The molecule has 1 amide bonds. The fraction of sp³-hybridized carbons (Fsp3) is 0.462. The standard InChI is InChI=1S/C13H17NO2/c1-2-3-6-11-9-10-7-4-5-8-12(10)14(16)13(11)15/h4-5,7-8,11,16H,2-3,6,9H2,1H3/t11-/m0/s1. The second-order valence-electron chi connectivity index (χ2n) is 4.32. The Morgan fingerprint density at radius 2 is 2.19 bits per heavy atom. The minimum atomic E-state index is -0.160. The van der Waals surface area contributed by atoms with Gasteiger partial charge in [-0.25, -0.2) is 0 Å². The normalized spacial score (nSPS) is 19.8. The number of nitrogens with zero attached hydrogens (tertiary/aromatic N) is 1. The first-order chi connectivity index (χ1) is 7.74. The Kier molecular flexibility index (Phi) is 3.25. The van der Waals surface area contributed by atoms with E-state index in [1.54, 1.807) is 6.07 Å². The predicted octanol–water partition coefficient (Wildman–Crippen LogP) is 2.77. The van der Waals surface area contributed by atoms with Crippen LogP contribution in [0.4, 0.5) is 5.69 Å². The highest BCUT2D eigenvalue weighted by Crippen LogP contribution is 2.31. The minimum Gasteiger partial charge on any atom is -0.281 e. The molecular formula is C13H17NO2. The van der Waals surface area contributed by atoms with Gasteiger partial charge in [-0.2, -0.15) is 5.06 Å². The second kappa shape index (κ2) is 4.66. The smallest absolute Gasteiger partial charge is 0.254 e. The number of hydrogen-bond donors (Lipinski definition) is 1. The van der Waals surface area contributed by atoms with Crippen molar-refractivity contribution in [3.05, 3.63) is 29.8 Å². The Labute approximate surface area is 95.6 Å². The Hall–Kier alpha value is -1.35. The third-order valence-corrected chi connectivity index (χ3v) is 3.15. The molecular weight excluding hydrogens is 202 g/mol. The van der Waals surface area contributed by atoms with Crippen molar-refractivity contribution < 1.29 is 10.0 Å². The van der Waals surface area contributed by atoms with Gasteiger partial charge in [0, 0.05) is 5.92 Å². The quantitative estimate of drug-likeness (QED) is 0.794. The summed E-state index contributed by atoms with van der Waals surface area (Å²) >= 11 is 0. The number of amides is 1. The summed E-state index contributed by atoms with van der Waals surface area (Å²) in [5, 5.41) is 10.6. The van der Waals surface area contributed by atoms with Gasteiger partial charge in [0.25, 0.3) is 5.91 Å². The van der Waals surface area contributed by atoms with Crippen LogP contribution in [-0.2, 0) is 11.2 Å². The third kappa shape index (κ3) is 1.95. The molecule has 3 heteroatoms. The van der Waals surface area contributed by atoms with Crippen LogP contribution in [0.2, 0.25) is 0 Å². The van der Waals surface area contributed by atoms with Crippen LogP contribution in [-0.4, -0.2) is 11.1 Å². The SMILES string of the molecule is CCCC[C@H]1Cc2ccccc2N(O)C1=O. The molecule has 0 saturated carbocycles. The van der Waals surface area contributed by atoms with E-state index in [0.29, 0.717) is 5.69 Å². The highest BCUT2D eigenvalue weighted by atomic mass is 16.5. The summed E-state index contributed by atoms with van der Waals surface area (Å²) in [6.45, 7) is 2.11. The molecule has 1 aliphatic rings. The number of carbonyl (C=O) groups is 1. The zero-order valence-electron chi connectivity index (χ0n) is 9.52. The van der Waals surface area contributed by atoms with Crippen LogP contribution in [0, 0.1) is 5.92 Å². The number of hydrogen-bond acceptors (Lipinski definition) is 2. The predicted molar refractivity (Wildman–Crippen MR) is 62.4 cm³/mol. The van der Waals surface area contributed by atoms with Gasteiger partial charge in [0.2, 0.25) is 0 Å². The lowest BCUT2D eigenvalue weighted by Crippen LogP contribution is -2.39. The van der Waals surface area contributed by atoms with Crippen LogP contribution in [0.5, 0.6) is 0 Å². The zero-order valence-corrected chi connectivity index (χ0v) is 9.52. The topological polar surface area (TPSA) is 40.5 Å². The molecule has 1 aliphatic heterocycles. The van der Waals surface area contributed by atoms with Gasteiger partial charge in [0.1, 0.15) is 0 Å². The van der Waals surface area contributed by atoms with E-state index in [9.17, 15) is 10.0 Å². The summed E-state index contributed by atoms with van der Waals surface area (Å²) in [5.41, 5.74) is 1.70. The van der Waals surface area contributed by atoms with E-state index in [-0.39, 0.29) is 11.8 Å². The summed E-state index contributed by atoms with van der Waals surface area (Å²) < 4.78 is 0. The maximum Gasteiger partial charge on any atom is 0.254 e. The largest absolute Gasteiger partial charge is 0.281 e. The van der Waals surface area contributed by atoms with Crippen LogP contribution in [0.15, 0.2) is 24.3 Å². The average Bonchev–Trinajstić information content (AvgIpc) is 2.32. The summed E-state index contributed by atoms with van der Waals surface area (Å²) in [7, 11) is 0. The number of benzene rings is 1. The molecule has 0 spiro atoms. The summed E-state index contributed by atoms with van der Waals surface area (Å²) in [5.74, 6) is -0.216. The van der Waals surface area contributed by atoms with Crippen LogP contribution < -0.4 is 5.06 Å². The molecule has 0 bridgehead atoms. The van der Waals surface area contributed by atoms with E-state index in [2.05, 4.69) is 6.92 Å². The maximum atomic E-state index is 11.9. The van der Waals surface area contributed by atoms with Gasteiger partial charge in [0.15, 0.2) is 0 Å². The first kappa shape index (κ1) is 11.1. The lowest BCUT2D eigenvalue weighted by molar-refractivity contribution is -0.128. The molecule has 1 N–H and O–H groups in total. The fourth-order valence-corrected chi connectivity index (χ4v) is 2.21. The fourth-order valence-electron chi connectivity index (χ4n) is 2.21. The van der Waals surface area contributed by atoms with Gasteiger partial charge in [-0.1, -0.05) is 38.0 Å². The molecule has 1 aromatic rings. The molecule has 1 aromatic carbocycles. The van der Waals surface area contributed by atoms with Crippen LogP contribution in [0.3, 0.4) is 0 Å². The first-order valence-electron chi connectivity index (χ1n) is 5.84. The lowest BCUT2D eigenvalue weighted by Gasteiger charge is -2.29. The molecule has 1 atom stereocenters. The van der Waals surface area contributed by atoms with Gasteiger partial charge < -0.3 is 0 Å². The van der Waals surface area contributed by atoms with E-state index >= 15 is 0 Å². The van der Waals surface area contributed by atoms with Crippen LogP contribution >= 0.6 is 0 Å². The number of para-hydroxylation sites is 1. The zero-order chi connectivity index (χ0) is 11.5. The van der Waals surface area contributed by atoms with Crippen molar-refractivity contribution in [1.29, 1.82) is 0 Å². The molecule has 2 rings (SSSR count). The van der Waals surface area contributed by atoms with E-state index < -0.39 is 0 Å². The summed E-state index contributed by atoms with van der Waals surface area (Å²) in [6, 6.07) is 7.54. The molecule has 1 heterocycles. The van der Waals surface area contributed by atoms with Crippen molar-refractivity contribution in [2.75, 3.05) is 5.06 Å². The highest BCUT2D eigenvalue weighted by Gasteiger charge is 2.31. The van der Waals surface area contributed by atoms with Gasteiger partial charge >= 0.3 is 0 Å². The van der Waals surface area contributed by atoms with Crippen molar-refractivity contribution in [2.45, 2.75) is 32.6 Å². The summed E-state index contributed by atoms with van der Waals surface area (Å²) in [4.78, 5) is 11.9. The monoisotopic (exact) mass is 219 g/mol. The van der Waals surface area contributed by atoms with Crippen molar-refractivity contribution in [3.8, 4) is 0 Å². The molecule has 0 radical (unpaired) electrons. The van der Waals surface area contributed by atoms with E-state index in [4.69, 9.17) is 0 Å². The Morgan fingerprint density at radius 1 is 1.44 bits per heavy atom. The number of rotatable bonds is 3. The first-order valence-corrected chi connectivity index (χ1v) is 5.84. The molecule has 0 aliphatic carbocycles. The average molecular weight is 219 g/mol. The Bertz CT molecular complexity index is 389. The minimum absolute atomic E-state index is 0.0557. The number of anilines is 1. The van der Waals surface area contributed by atoms with Crippen molar-refractivity contribution in [3.63, 3.8) is 0 Å². The second-order valence-corrected chi connectivity index (χ2v) is 4.32. The molecule has 3 nitrogen and oxygen atoms in total. The molecule has 86 valence electrons. The van der Waals surface area contributed by atoms with Gasteiger partial charge in [0.05, 0.1) is 5.69 Å².